The minimum Gasteiger partial charge on any atom is -0.481 e. The molecule has 4 nitrogen and oxygen atoms in total. The van der Waals surface area contributed by atoms with Crippen LogP contribution in [0.2, 0.25) is 0 Å². The van der Waals surface area contributed by atoms with Crippen molar-refractivity contribution in [2.45, 2.75) is 26.7 Å². The number of aryl methyl sites for hydroxylation is 1. The SMILES string of the molecule is Cc1ncc([C@@H](C(=O)O)C(C)C)cn1. The van der Waals surface area contributed by atoms with Crippen LogP contribution >= 0.6 is 0 Å². The molecule has 14 heavy (non-hydrogen) atoms. The maximum Gasteiger partial charge on any atom is 0.311 e. The Kier molecular flexibility index (Phi) is 3.17. The summed E-state index contributed by atoms with van der Waals surface area (Å²) in [7, 11) is 0. The lowest BCUT2D eigenvalue weighted by Crippen LogP contribution is -2.18. The molecule has 1 aromatic rings. The van der Waals surface area contributed by atoms with Crippen LogP contribution < -0.4 is 0 Å². The first-order chi connectivity index (χ1) is 6.52. The number of aromatic nitrogens is 2. The van der Waals surface area contributed by atoms with Gasteiger partial charge in [-0.3, -0.25) is 4.79 Å². The van der Waals surface area contributed by atoms with Gasteiger partial charge in [0.2, 0.25) is 0 Å². The van der Waals surface area contributed by atoms with E-state index in [0.717, 1.165) is 0 Å². The van der Waals surface area contributed by atoms with E-state index in [1.807, 2.05) is 13.8 Å². The predicted molar refractivity (Wildman–Crippen MR) is 52.0 cm³/mol. The van der Waals surface area contributed by atoms with Crippen LogP contribution in [-0.2, 0) is 4.79 Å². The van der Waals surface area contributed by atoms with Gasteiger partial charge in [0, 0.05) is 18.0 Å². The fraction of sp³-hybridized carbons (Fsp3) is 0.500. The van der Waals surface area contributed by atoms with Crippen molar-refractivity contribution >= 4 is 5.97 Å². The molecule has 76 valence electrons. The number of nitrogens with zero attached hydrogens (tertiary/aromatic N) is 2. The van der Waals surface area contributed by atoms with Gasteiger partial charge in [0.25, 0.3) is 0 Å². The smallest absolute Gasteiger partial charge is 0.311 e. The van der Waals surface area contributed by atoms with Crippen LogP contribution in [0.1, 0.15) is 31.2 Å². The highest BCUT2D eigenvalue weighted by atomic mass is 16.4. The van der Waals surface area contributed by atoms with Gasteiger partial charge in [0.05, 0.1) is 5.92 Å². The lowest BCUT2D eigenvalue weighted by Gasteiger charge is -2.15. The van der Waals surface area contributed by atoms with Crippen molar-refractivity contribution in [1.29, 1.82) is 0 Å². The first kappa shape index (κ1) is 10.6. The molecule has 0 unspecified atom stereocenters. The molecule has 1 rings (SSSR count). The highest BCUT2D eigenvalue weighted by Crippen LogP contribution is 2.23. The second kappa shape index (κ2) is 4.17. The average Bonchev–Trinajstić information content (AvgIpc) is 2.07. The minimum absolute atomic E-state index is 0.0406. The van der Waals surface area contributed by atoms with Gasteiger partial charge in [0.1, 0.15) is 5.82 Å². The zero-order chi connectivity index (χ0) is 10.7. The Balaban J connectivity index is 3.00. The Hall–Kier alpha value is -1.45. The molecule has 4 heteroatoms. The maximum atomic E-state index is 11.0. The van der Waals surface area contributed by atoms with Crippen LogP contribution in [0.4, 0.5) is 0 Å². The second-order valence-electron chi connectivity index (χ2n) is 3.62. The highest BCUT2D eigenvalue weighted by Gasteiger charge is 2.23. The van der Waals surface area contributed by atoms with E-state index in [2.05, 4.69) is 9.97 Å². The zero-order valence-corrected chi connectivity index (χ0v) is 8.56. The van der Waals surface area contributed by atoms with Crippen molar-refractivity contribution in [3.8, 4) is 0 Å². The standard InChI is InChI=1S/C10H14N2O2/c1-6(2)9(10(13)14)8-4-11-7(3)12-5-8/h4-6,9H,1-3H3,(H,13,14)/t9-/m0/s1. The summed E-state index contributed by atoms with van der Waals surface area (Å²) < 4.78 is 0. The molecule has 0 saturated heterocycles. The van der Waals surface area contributed by atoms with Gasteiger partial charge in [-0.2, -0.15) is 0 Å². The molecule has 0 fully saturated rings. The van der Waals surface area contributed by atoms with Gasteiger partial charge in [-0.1, -0.05) is 13.8 Å². The average molecular weight is 194 g/mol. The number of carbonyl (C=O) groups is 1. The van der Waals surface area contributed by atoms with Crippen molar-refractivity contribution < 1.29 is 9.90 Å². The van der Waals surface area contributed by atoms with Gasteiger partial charge < -0.3 is 5.11 Å². The number of hydrogen-bond donors (Lipinski definition) is 1. The molecular weight excluding hydrogens is 180 g/mol. The van der Waals surface area contributed by atoms with E-state index < -0.39 is 11.9 Å². The van der Waals surface area contributed by atoms with Crippen LogP contribution in [0.3, 0.4) is 0 Å². The summed E-state index contributed by atoms with van der Waals surface area (Å²) in [4.78, 5) is 19.0. The van der Waals surface area contributed by atoms with Crippen molar-refractivity contribution in [3.05, 3.63) is 23.8 Å². The summed E-state index contributed by atoms with van der Waals surface area (Å²) in [6.07, 6.45) is 3.17. The molecule has 0 bridgehead atoms. The lowest BCUT2D eigenvalue weighted by atomic mass is 9.90. The van der Waals surface area contributed by atoms with Crippen molar-refractivity contribution in [1.82, 2.24) is 9.97 Å². The van der Waals surface area contributed by atoms with E-state index in [-0.39, 0.29) is 5.92 Å². The van der Waals surface area contributed by atoms with E-state index in [0.29, 0.717) is 11.4 Å². The number of aliphatic carboxylic acids is 1. The summed E-state index contributed by atoms with van der Waals surface area (Å²) in [5.74, 6) is -0.650. The van der Waals surface area contributed by atoms with Crippen molar-refractivity contribution in [2.75, 3.05) is 0 Å². The molecular formula is C10H14N2O2. The molecule has 0 aliphatic rings. The van der Waals surface area contributed by atoms with Crippen LogP contribution in [0.15, 0.2) is 12.4 Å². The topological polar surface area (TPSA) is 63.1 Å². The highest BCUT2D eigenvalue weighted by molar-refractivity contribution is 5.76. The van der Waals surface area contributed by atoms with E-state index in [4.69, 9.17) is 5.11 Å². The van der Waals surface area contributed by atoms with E-state index >= 15 is 0 Å². The van der Waals surface area contributed by atoms with Crippen molar-refractivity contribution in [3.63, 3.8) is 0 Å². The monoisotopic (exact) mass is 194 g/mol. The summed E-state index contributed by atoms with van der Waals surface area (Å²) in [6, 6.07) is 0. The third kappa shape index (κ3) is 2.28. The van der Waals surface area contributed by atoms with Crippen LogP contribution in [0.25, 0.3) is 0 Å². The van der Waals surface area contributed by atoms with E-state index in [9.17, 15) is 4.79 Å². The van der Waals surface area contributed by atoms with Crippen LogP contribution in [0, 0.1) is 12.8 Å². The molecule has 0 aliphatic carbocycles. The van der Waals surface area contributed by atoms with Crippen LogP contribution in [0.5, 0.6) is 0 Å². The Morgan fingerprint density at radius 3 is 2.21 bits per heavy atom. The van der Waals surface area contributed by atoms with Gasteiger partial charge in [-0.25, -0.2) is 9.97 Å². The lowest BCUT2D eigenvalue weighted by molar-refractivity contribution is -0.139. The second-order valence-corrected chi connectivity index (χ2v) is 3.62. The third-order valence-corrected chi connectivity index (χ3v) is 2.09. The fourth-order valence-electron chi connectivity index (χ4n) is 1.38. The number of rotatable bonds is 3. The zero-order valence-electron chi connectivity index (χ0n) is 8.56. The Morgan fingerprint density at radius 2 is 1.86 bits per heavy atom. The predicted octanol–water partition coefficient (Wildman–Crippen LogP) is 1.61. The normalized spacial score (nSPS) is 12.9. The van der Waals surface area contributed by atoms with Gasteiger partial charge >= 0.3 is 5.97 Å². The molecule has 0 spiro atoms. The fourth-order valence-corrected chi connectivity index (χ4v) is 1.38. The molecule has 0 radical (unpaired) electrons. The Labute approximate surface area is 83.0 Å². The van der Waals surface area contributed by atoms with E-state index in [1.54, 1.807) is 19.3 Å². The summed E-state index contributed by atoms with van der Waals surface area (Å²) in [5, 5.41) is 9.01. The quantitative estimate of drug-likeness (QED) is 0.794. The molecule has 1 heterocycles. The number of carboxylic acids is 1. The molecule has 0 aliphatic heterocycles. The number of carboxylic acid groups (broad SMARTS) is 1. The Morgan fingerprint density at radius 1 is 1.36 bits per heavy atom. The van der Waals surface area contributed by atoms with E-state index in [1.165, 1.54) is 0 Å². The van der Waals surface area contributed by atoms with Crippen LogP contribution in [-0.4, -0.2) is 21.0 Å². The molecule has 0 aromatic carbocycles. The summed E-state index contributed by atoms with van der Waals surface area (Å²) in [6.45, 7) is 5.52. The van der Waals surface area contributed by atoms with Gasteiger partial charge in [-0.05, 0) is 12.8 Å². The summed E-state index contributed by atoms with van der Waals surface area (Å²) >= 11 is 0. The maximum absolute atomic E-state index is 11.0. The third-order valence-electron chi connectivity index (χ3n) is 2.09. The first-order valence-corrected chi connectivity index (χ1v) is 4.53. The number of hydrogen-bond acceptors (Lipinski definition) is 3. The molecule has 1 atom stereocenters. The molecule has 1 aromatic heterocycles. The minimum atomic E-state index is -0.826. The Bertz CT molecular complexity index is 319. The van der Waals surface area contributed by atoms with Gasteiger partial charge in [-0.15, -0.1) is 0 Å². The van der Waals surface area contributed by atoms with Crippen molar-refractivity contribution in [2.24, 2.45) is 5.92 Å². The summed E-state index contributed by atoms with van der Waals surface area (Å²) in [5.41, 5.74) is 0.665. The molecule has 0 saturated carbocycles. The molecule has 1 N–H and O–H groups in total. The largest absolute Gasteiger partial charge is 0.481 e. The first-order valence-electron chi connectivity index (χ1n) is 4.53. The van der Waals surface area contributed by atoms with Gasteiger partial charge in [0.15, 0.2) is 0 Å². The molecule has 0 amide bonds.